The minimum absolute atomic E-state index is 0.0371. The van der Waals surface area contributed by atoms with Crippen molar-refractivity contribution in [3.63, 3.8) is 0 Å². The molecule has 1 saturated heterocycles. The van der Waals surface area contributed by atoms with Gasteiger partial charge >= 0.3 is 12.2 Å². The Hall–Kier alpha value is -2.29. The highest BCUT2D eigenvalue weighted by Crippen LogP contribution is 2.39. The maximum absolute atomic E-state index is 13.6. The fourth-order valence-electron chi connectivity index (χ4n) is 3.17. The average molecular weight is 356 g/mol. The third-order valence-corrected chi connectivity index (χ3v) is 4.43. The zero-order chi connectivity index (χ0) is 18.4. The fraction of sp³-hybridized carbons (Fsp3) is 0.500. The van der Waals surface area contributed by atoms with Crippen molar-refractivity contribution in [2.75, 3.05) is 18.0 Å². The van der Waals surface area contributed by atoms with Crippen LogP contribution in [0.2, 0.25) is 0 Å². The van der Waals surface area contributed by atoms with E-state index in [0.29, 0.717) is 18.7 Å². The SMILES string of the molecule is C[C@@H]1NC(=O)NN=C1c1ccc(N2CC[C@](C)(O)C2)c(C(F)(F)F)c1. The van der Waals surface area contributed by atoms with E-state index in [9.17, 15) is 23.1 Å². The van der Waals surface area contributed by atoms with Crippen LogP contribution in [0.5, 0.6) is 0 Å². The molecule has 3 N–H and O–H groups in total. The molecule has 1 aromatic carbocycles. The second kappa shape index (κ2) is 5.91. The van der Waals surface area contributed by atoms with Crippen molar-refractivity contribution in [1.82, 2.24) is 10.7 Å². The topological polar surface area (TPSA) is 77.0 Å². The average Bonchev–Trinajstić information content (AvgIpc) is 2.86. The Labute approximate surface area is 142 Å². The zero-order valence-corrected chi connectivity index (χ0v) is 13.8. The van der Waals surface area contributed by atoms with Crippen LogP contribution in [0.15, 0.2) is 23.3 Å². The number of amides is 2. The van der Waals surface area contributed by atoms with E-state index in [2.05, 4.69) is 15.8 Å². The number of hydrogen-bond donors (Lipinski definition) is 3. The summed E-state index contributed by atoms with van der Waals surface area (Å²) >= 11 is 0. The number of alkyl halides is 3. The third-order valence-electron chi connectivity index (χ3n) is 4.43. The zero-order valence-electron chi connectivity index (χ0n) is 13.8. The number of β-amino-alcohol motifs (C(OH)–C–C–N with tert-alkyl or cyclic N) is 1. The Morgan fingerprint density at radius 1 is 1.40 bits per heavy atom. The summed E-state index contributed by atoms with van der Waals surface area (Å²) in [7, 11) is 0. The van der Waals surface area contributed by atoms with Crippen LogP contribution in [0.3, 0.4) is 0 Å². The number of urea groups is 1. The van der Waals surface area contributed by atoms with Crippen LogP contribution < -0.4 is 15.6 Å². The number of benzene rings is 1. The predicted molar refractivity (Wildman–Crippen MR) is 86.6 cm³/mol. The standard InChI is InChI=1S/C16H19F3N4O2/c1-9-13(21-22-14(24)20-9)10-3-4-12(11(7-10)16(17,18)19)23-6-5-15(2,25)8-23/h3-4,7,9,25H,5-6,8H2,1-2H3,(H2,20,22,24)/t9-,15-/m0/s1. The van der Waals surface area contributed by atoms with Crippen LogP contribution in [0.1, 0.15) is 31.4 Å². The van der Waals surface area contributed by atoms with Crippen molar-refractivity contribution in [3.05, 3.63) is 29.3 Å². The Morgan fingerprint density at radius 3 is 2.68 bits per heavy atom. The summed E-state index contributed by atoms with van der Waals surface area (Å²) in [6.45, 7) is 3.76. The molecule has 0 bridgehead atoms. The Balaban J connectivity index is 2.01. The monoisotopic (exact) mass is 356 g/mol. The van der Waals surface area contributed by atoms with Crippen molar-refractivity contribution in [3.8, 4) is 0 Å². The summed E-state index contributed by atoms with van der Waals surface area (Å²) in [5, 5.41) is 16.5. The molecule has 0 aliphatic carbocycles. The largest absolute Gasteiger partial charge is 0.418 e. The molecule has 25 heavy (non-hydrogen) atoms. The van der Waals surface area contributed by atoms with Gasteiger partial charge in [0.15, 0.2) is 0 Å². The van der Waals surface area contributed by atoms with Gasteiger partial charge in [0.2, 0.25) is 0 Å². The van der Waals surface area contributed by atoms with Gasteiger partial charge in [-0.1, -0.05) is 6.07 Å². The summed E-state index contributed by atoms with van der Waals surface area (Å²) in [6, 6.07) is 2.98. The first-order valence-corrected chi connectivity index (χ1v) is 7.90. The minimum Gasteiger partial charge on any atom is -0.388 e. The van der Waals surface area contributed by atoms with Gasteiger partial charge in [0.05, 0.1) is 22.9 Å². The second-order valence-electron chi connectivity index (χ2n) is 6.70. The van der Waals surface area contributed by atoms with Crippen molar-refractivity contribution < 1.29 is 23.1 Å². The molecule has 0 radical (unpaired) electrons. The number of aliphatic hydroxyl groups is 1. The van der Waals surface area contributed by atoms with Crippen LogP contribution in [0, 0.1) is 0 Å². The summed E-state index contributed by atoms with van der Waals surface area (Å²) in [5.41, 5.74) is 1.07. The number of anilines is 1. The number of nitrogens with zero attached hydrogens (tertiary/aromatic N) is 2. The van der Waals surface area contributed by atoms with E-state index in [-0.39, 0.29) is 17.8 Å². The van der Waals surface area contributed by atoms with Crippen molar-refractivity contribution in [2.45, 2.75) is 38.1 Å². The van der Waals surface area contributed by atoms with Gasteiger partial charge in [-0.05, 0) is 32.4 Å². The molecule has 3 rings (SSSR count). The first-order chi connectivity index (χ1) is 11.6. The molecular formula is C16H19F3N4O2. The van der Waals surface area contributed by atoms with Crippen molar-refractivity contribution in [2.24, 2.45) is 5.10 Å². The van der Waals surface area contributed by atoms with Gasteiger partial charge in [-0.15, -0.1) is 0 Å². The summed E-state index contributed by atoms with van der Waals surface area (Å²) < 4.78 is 40.8. The molecule has 6 nitrogen and oxygen atoms in total. The smallest absolute Gasteiger partial charge is 0.388 e. The van der Waals surface area contributed by atoms with Crippen LogP contribution >= 0.6 is 0 Å². The van der Waals surface area contributed by atoms with Gasteiger partial charge in [0.25, 0.3) is 0 Å². The van der Waals surface area contributed by atoms with E-state index < -0.39 is 29.4 Å². The molecule has 2 aliphatic heterocycles. The lowest BCUT2D eigenvalue weighted by Crippen LogP contribution is -2.48. The van der Waals surface area contributed by atoms with Crippen LogP contribution in [-0.2, 0) is 6.18 Å². The Bertz CT molecular complexity index is 731. The second-order valence-corrected chi connectivity index (χ2v) is 6.70. The molecule has 2 heterocycles. The lowest BCUT2D eigenvalue weighted by molar-refractivity contribution is -0.137. The lowest BCUT2D eigenvalue weighted by Gasteiger charge is -2.26. The van der Waals surface area contributed by atoms with E-state index in [4.69, 9.17) is 0 Å². The van der Waals surface area contributed by atoms with E-state index in [1.54, 1.807) is 24.8 Å². The minimum atomic E-state index is -4.55. The Kier molecular flexibility index (Phi) is 4.14. The number of rotatable bonds is 2. The maximum atomic E-state index is 13.6. The Morgan fingerprint density at radius 2 is 2.12 bits per heavy atom. The van der Waals surface area contributed by atoms with Gasteiger partial charge in [-0.25, -0.2) is 10.2 Å². The number of hydrogen-bond acceptors (Lipinski definition) is 4. The molecule has 136 valence electrons. The fourth-order valence-corrected chi connectivity index (χ4v) is 3.17. The first kappa shape index (κ1) is 17.5. The van der Waals surface area contributed by atoms with Crippen molar-refractivity contribution in [1.29, 1.82) is 0 Å². The van der Waals surface area contributed by atoms with E-state index in [1.807, 2.05) is 0 Å². The lowest BCUT2D eigenvalue weighted by atomic mass is 9.99. The summed E-state index contributed by atoms with van der Waals surface area (Å²) in [4.78, 5) is 12.8. The summed E-state index contributed by atoms with van der Waals surface area (Å²) in [6.07, 6.45) is -4.14. The van der Waals surface area contributed by atoms with Gasteiger partial charge < -0.3 is 15.3 Å². The predicted octanol–water partition coefficient (Wildman–Crippen LogP) is 2.07. The maximum Gasteiger partial charge on any atom is 0.418 e. The number of hydrazone groups is 1. The molecule has 9 heteroatoms. The number of nitrogens with one attached hydrogen (secondary N) is 2. The number of carbonyl (C=O) groups excluding carboxylic acids is 1. The molecular weight excluding hydrogens is 337 g/mol. The van der Waals surface area contributed by atoms with E-state index in [0.717, 1.165) is 6.07 Å². The van der Waals surface area contributed by atoms with Gasteiger partial charge in [0, 0.05) is 24.3 Å². The molecule has 2 amide bonds. The van der Waals surface area contributed by atoms with Gasteiger partial charge in [0.1, 0.15) is 0 Å². The molecule has 1 aromatic rings. The van der Waals surface area contributed by atoms with Crippen LogP contribution in [-0.4, -0.2) is 41.6 Å². The molecule has 0 saturated carbocycles. The quantitative estimate of drug-likeness (QED) is 0.759. The van der Waals surface area contributed by atoms with Gasteiger partial charge in [-0.3, -0.25) is 0 Å². The first-order valence-electron chi connectivity index (χ1n) is 7.90. The highest BCUT2D eigenvalue weighted by Gasteiger charge is 2.39. The summed E-state index contributed by atoms with van der Waals surface area (Å²) in [5.74, 6) is 0. The van der Waals surface area contributed by atoms with E-state index >= 15 is 0 Å². The molecule has 1 fully saturated rings. The van der Waals surface area contributed by atoms with Crippen LogP contribution in [0.4, 0.5) is 23.7 Å². The molecule has 2 aliphatic rings. The number of carbonyl (C=O) groups is 1. The normalized spacial score (nSPS) is 27.0. The molecule has 2 atom stereocenters. The molecule has 0 aromatic heterocycles. The molecule has 0 unspecified atom stereocenters. The third kappa shape index (κ3) is 3.55. The highest BCUT2D eigenvalue weighted by atomic mass is 19.4. The van der Waals surface area contributed by atoms with Crippen molar-refractivity contribution >= 4 is 17.4 Å². The number of halogens is 3. The van der Waals surface area contributed by atoms with Gasteiger partial charge in [-0.2, -0.15) is 18.3 Å². The highest BCUT2D eigenvalue weighted by molar-refractivity contribution is 6.07. The molecule has 0 spiro atoms. The van der Waals surface area contributed by atoms with Crippen LogP contribution in [0.25, 0.3) is 0 Å². The van der Waals surface area contributed by atoms with E-state index in [1.165, 1.54) is 6.07 Å².